The highest BCUT2D eigenvalue weighted by atomic mass is 19.4. The number of hydrogen-bond acceptors (Lipinski definition) is 4. The van der Waals surface area contributed by atoms with Crippen LogP contribution in [-0.4, -0.2) is 12.1 Å². The van der Waals surface area contributed by atoms with Gasteiger partial charge in [-0.3, -0.25) is 4.79 Å². The Morgan fingerprint density at radius 1 is 1.00 bits per heavy atom. The smallest absolute Gasteiger partial charge is 0.415 e. The average Bonchev–Trinajstić information content (AvgIpc) is 2.81. The lowest BCUT2D eigenvalue weighted by atomic mass is 10.1. The molecule has 0 unspecified atom stereocenters. The van der Waals surface area contributed by atoms with Crippen LogP contribution in [0, 0.1) is 5.82 Å². The summed E-state index contributed by atoms with van der Waals surface area (Å²) in [6.07, 6.45) is -4.21. The number of nitrogens with one attached hydrogen (secondary N) is 2. The van der Waals surface area contributed by atoms with Crippen molar-refractivity contribution in [1.29, 1.82) is 0 Å². The highest BCUT2D eigenvalue weighted by molar-refractivity contribution is 6.06. The number of amides is 1. The number of rotatable bonds is 8. The molecule has 4 N–H and O–H groups in total. The first-order chi connectivity index (χ1) is 16.2. The predicted molar refractivity (Wildman–Crippen MR) is 123 cm³/mol. The molecule has 0 atom stereocenters. The van der Waals surface area contributed by atoms with Crippen LogP contribution in [0.15, 0.2) is 96.7 Å². The van der Waals surface area contributed by atoms with Crippen LogP contribution in [0.4, 0.5) is 28.9 Å². The van der Waals surface area contributed by atoms with E-state index < -0.39 is 29.2 Å². The van der Waals surface area contributed by atoms with Crippen LogP contribution in [0.5, 0.6) is 11.5 Å². The lowest BCUT2D eigenvalue weighted by Crippen LogP contribution is -2.22. The van der Waals surface area contributed by atoms with E-state index in [1.54, 1.807) is 54.6 Å². The number of carbonyl (C=O) groups excluding carboxylic acids is 1. The van der Waals surface area contributed by atoms with Crippen LogP contribution in [-0.2, 0) is 11.3 Å². The van der Waals surface area contributed by atoms with E-state index in [0.717, 1.165) is 0 Å². The fraction of sp³-hybridized carbons (Fsp3) is 0.0800. The molecule has 0 aliphatic carbocycles. The number of ether oxygens (including phenoxy) is 1. The molecule has 3 rings (SSSR count). The lowest BCUT2D eigenvalue weighted by molar-refractivity contribution is -0.112. The summed E-state index contributed by atoms with van der Waals surface area (Å²) in [6.45, 7) is 3.16. The lowest BCUT2D eigenvalue weighted by Gasteiger charge is -2.15. The molecule has 0 heterocycles. The summed E-state index contributed by atoms with van der Waals surface area (Å²) in [5, 5.41) is 4.91. The van der Waals surface area contributed by atoms with Crippen molar-refractivity contribution in [3.63, 3.8) is 0 Å². The molecular weight excluding hydrogens is 450 g/mol. The molecule has 0 fully saturated rings. The van der Waals surface area contributed by atoms with E-state index in [1.807, 2.05) is 0 Å². The minimum absolute atomic E-state index is 0.169. The largest absolute Gasteiger partial charge is 0.454 e. The molecule has 3 aromatic carbocycles. The molecule has 0 aliphatic heterocycles. The first-order valence-corrected chi connectivity index (χ1v) is 10.0. The first-order valence-electron chi connectivity index (χ1n) is 10.0. The van der Waals surface area contributed by atoms with Crippen LogP contribution in [0.3, 0.4) is 0 Å². The molecular formula is C25H21F4N3O2. The molecule has 34 heavy (non-hydrogen) atoms. The van der Waals surface area contributed by atoms with Gasteiger partial charge in [-0.1, -0.05) is 43.0 Å². The van der Waals surface area contributed by atoms with Gasteiger partial charge in [0.1, 0.15) is 11.4 Å². The number of halogens is 4. The molecule has 0 aromatic heterocycles. The zero-order chi connectivity index (χ0) is 24.7. The third-order valence-electron chi connectivity index (χ3n) is 4.55. The minimum atomic E-state index is -4.76. The summed E-state index contributed by atoms with van der Waals surface area (Å²) in [5.74, 6) is -1.70. The Bertz CT molecular complexity index is 1210. The van der Waals surface area contributed by atoms with Crippen LogP contribution in [0.25, 0.3) is 0 Å². The molecule has 5 nitrogen and oxygen atoms in total. The normalized spacial score (nSPS) is 11.6. The van der Waals surface area contributed by atoms with Crippen molar-refractivity contribution in [3.05, 3.63) is 108 Å². The molecule has 0 aliphatic rings. The Balaban J connectivity index is 1.88. The second-order valence-electron chi connectivity index (χ2n) is 7.10. The summed E-state index contributed by atoms with van der Waals surface area (Å²) in [5.41, 5.74) is 4.57. The van der Waals surface area contributed by atoms with Crippen molar-refractivity contribution in [3.8, 4) is 11.5 Å². The highest BCUT2D eigenvalue weighted by Crippen LogP contribution is 2.30. The van der Waals surface area contributed by atoms with Gasteiger partial charge >= 0.3 is 6.18 Å². The average molecular weight is 471 g/mol. The van der Waals surface area contributed by atoms with Crippen molar-refractivity contribution in [1.82, 2.24) is 0 Å². The molecule has 0 spiro atoms. The molecule has 3 aromatic rings. The molecule has 0 bridgehead atoms. The quantitative estimate of drug-likeness (QED) is 0.210. The van der Waals surface area contributed by atoms with Gasteiger partial charge in [0.25, 0.3) is 5.91 Å². The number of benzene rings is 3. The number of anilines is 2. The van der Waals surface area contributed by atoms with Gasteiger partial charge in [0.2, 0.25) is 0 Å². The van der Waals surface area contributed by atoms with Gasteiger partial charge in [-0.15, -0.1) is 0 Å². The van der Waals surface area contributed by atoms with Crippen LogP contribution < -0.4 is 21.1 Å². The van der Waals surface area contributed by atoms with Gasteiger partial charge in [0.15, 0.2) is 11.6 Å². The Morgan fingerprint density at radius 2 is 1.71 bits per heavy atom. The van der Waals surface area contributed by atoms with E-state index in [9.17, 15) is 22.4 Å². The van der Waals surface area contributed by atoms with E-state index in [-0.39, 0.29) is 18.0 Å². The molecule has 0 radical (unpaired) electrons. The van der Waals surface area contributed by atoms with Gasteiger partial charge in [0.05, 0.1) is 11.3 Å². The molecule has 0 saturated heterocycles. The maximum Gasteiger partial charge on any atom is 0.415 e. The van der Waals surface area contributed by atoms with Crippen LogP contribution in [0.1, 0.15) is 5.56 Å². The summed E-state index contributed by atoms with van der Waals surface area (Å²) in [4.78, 5) is 12.9. The Kier molecular flexibility index (Phi) is 7.70. The topological polar surface area (TPSA) is 76.4 Å². The predicted octanol–water partition coefficient (Wildman–Crippen LogP) is 6.13. The second-order valence-corrected chi connectivity index (χ2v) is 7.10. The molecule has 176 valence electrons. The fourth-order valence-corrected chi connectivity index (χ4v) is 2.84. The standard InChI is InChI=1S/C25H21F4N3O2/c1-16(25(27,28)29)13-21(31-18-8-5-7-17(14-18)15-30)24(33)32-20-11-6-12-22(23(20)26)34-19-9-3-2-4-10-19/h2-14,31H,1,15,30H2,(H,32,33)/b21-13-. The van der Waals surface area contributed by atoms with Crippen molar-refractivity contribution >= 4 is 17.3 Å². The Hall–Kier alpha value is -4.11. The molecule has 1 amide bonds. The van der Waals surface area contributed by atoms with Gasteiger partial charge in [-0.05, 0) is 48.0 Å². The van der Waals surface area contributed by atoms with Gasteiger partial charge in [0, 0.05) is 12.2 Å². The van der Waals surface area contributed by atoms with Crippen molar-refractivity contribution in [2.45, 2.75) is 12.7 Å². The molecule has 0 saturated carbocycles. The summed E-state index contributed by atoms with van der Waals surface area (Å²) < 4.78 is 59.7. The van der Waals surface area contributed by atoms with Gasteiger partial charge in [-0.25, -0.2) is 4.39 Å². The van der Waals surface area contributed by atoms with E-state index in [2.05, 4.69) is 17.2 Å². The number of hydrogen-bond donors (Lipinski definition) is 3. The van der Waals surface area contributed by atoms with Gasteiger partial charge < -0.3 is 21.1 Å². The van der Waals surface area contributed by atoms with Gasteiger partial charge in [-0.2, -0.15) is 13.2 Å². The molecule has 9 heteroatoms. The SMILES string of the molecule is C=C(/C=C(\Nc1cccc(CN)c1)C(=O)Nc1cccc(Oc2ccccc2)c1F)C(F)(F)F. The Labute approximate surface area is 193 Å². The summed E-state index contributed by atoms with van der Waals surface area (Å²) in [6, 6.07) is 18.9. The van der Waals surface area contributed by atoms with E-state index in [0.29, 0.717) is 23.1 Å². The minimum Gasteiger partial charge on any atom is -0.454 e. The first kappa shape index (κ1) is 24.5. The summed E-state index contributed by atoms with van der Waals surface area (Å²) >= 11 is 0. The number of para-hydroxylation sites is 1. The Morgan fingerprint density at radius 3 is 2.38 bits per heavy atom. The second kappa shape index (κ2) is 10.7. The zero-order valence-electron chi connectivity index (χ0n) is 17.8. The van der Waals surface area contributed by atoms with Crippen molar-refractivity contribution in [2.24, 2.45) is 5.73 Å². The van der Waals surface area contributed by atoms with Crippen LogP contribution >= 0.6 is 0 Å². The van der Waals surface area contributed by atoms with Crippen molar-refractivity contribution in [2.75, 3.05) is 10.6 Å². The third-order valence-corrected chi connectivity index (χ3v) is 4.55. The van der Waals surface area contributed by atoms with Crippen LogP contribution in [0.2, 0.25) is 0 Å². The van der Waals surface area contributed by atoms with E-state index >= 15 is 0 Å². The number of nitrogens with two attached hydrogens (primary N) is 1. The third kappa shape index (κ3) is 6.46. The van der Waals surface area contributed by atoms with E-state index in [4.69, 9.17) is 10.5 Å². The summed E-state index contributed by atoms with van der Waals surface area (Å²) in [7, 11) is 0. The number of allylic oxidation sites excluding steroid dienone is 2. The maximum absolute atomic E-state index is 15.0. The van der Waals surface area contributed by atoms with Crippen molar-refractivity contribution < 1.29 is 27.1 Å². The fourth-order valence-electron chi connectivity index (χ4n) is 2.84. The van der Waals surface area contributed by atoms with E-state index in [1.165, 1.54) is 18.2 Å². The zero-order valence-corrected chi connectivity index (χ0v) is 17.8. The maximum atomic E-state index is 15.0. The number of alkyl halides is 3. The highest BCUT2D eigenvalue weighted by Gasteiger charge is 2.31. The monoisotopic (exact) mass is 471 g/mol. The number of carbonyl (C=O) groups is 1.